The van der Waals surface area contributed by atoms with E-state index in [1.54, 1.807) is 12.1 Å². The molecule has 1 N–H and O–H groups in total. The SMILES string of the molecule is CCOc1cccc(NC(=O)N2CCC(N3CCN(C(C)C)CC3)C2)n1. The fourth-order valence-corrected chi connectivity index (χ4v) is 3.74. The molecule has 1 aromatic heterocycles. The summed E-state index contributed by atoms with van der Waals surface area (Å²) < 4.78 is 5.39. The van der Waals surface area contributed by atoms with Crippen LogP contribution in [0.1, 0.15) is 27.2 Å². The number of amides is 2. The molecule has 0 spiro atoms. The highest BCUT2D eigenvalue weighted by Crippen LogP contribution is 2.19. The number of nitrogens with zero attached hydrogens (tertiary/aromatic N) is 4. The van der Waals surface area contributed by atoms with Crippen LogP contribution in [0.3, 0.4) is 0 Å². The standard InChI is InChI=1S/C19H31N5O2/c1-4-26-18-7-5-6-17(20-18)21-19(25)24-9-8-16(14-24)23-12-10-22(11-13-23)15(2)3/h5-7,15-16H,4,8-14H2,1-3H3,(H,20,21,25). The normalized spacial score (nSPS) is 22.0. The Bertz CT molecular complexity index is 601. The van der Waals surface area contributed by atoms with E-state index in [1.165, 1.54) is 0 Å². The molecule has 0 radical (unpaired) electrons. The Hall–Kier alpha value is -1.86. The molecule has 0 aromatic carbocycles. The van der Waals surface area contributed by atoms with Crippen LogP contribution in [-0.4, -0.2) is 83.7 Å². The number of carbonyl (C=O) groups excluding carboxylic acids is 1. The van der Waals surface area contributed by atoms with Crippen LogP contribution in [0.15, 0.2) is 18.2 Å². The van der Waals surface area contributed by atoms with Gasteiger partial charge in [-0.15, -0.1) is 0 Å². The summed E-state index contributed by atoms with van der Waals surface area (Å²) >= 11 is 0. The van der Waals surface area contributed by atoms with Crippen molar-refractivity contribution in [3.8, 4) is 5.88 Å². The first kappa shape index (κ1) is 18.9. The Labute approximate surface area is 156 Å². The largest absolute Gasteiger partial charge is 0.478 e. The van der Waals surface area contributed by atoms with Crippen molar-refractivity contribution in [1.29, 1.82) is 0 Å². The highest BCUT2D eigenvalue weighted by atomic mass is 16.5. The summed E-state index contributed by atoms with van der Waals surface area (Å²) in [6, 6.07) is 6.44. The number of pyridine rings is 1. The summed E-state index contributed by atoms with van der Waals surface area (Å²) in [5.41, 5.74) is 0. The van der Waals surface area contributed by atoms with Crippen molar-refractivity contribution in [2.24, 2.45) is 0 Å². The Morgan fingerprint density at radius 3 is 2.73 bits per heavy atom. The zero-order valence-corrected chi connectivity index (χ0v) is 16.1. The molecular formula is C19H31N5O2. The van der Waals surface area contributed by atoms with Crippen molar-refractivity contribution >= 4 is 11.8 Å². The lowest BCUT2D eigenvalue weighted by Crippen LogP contribution is -2.52. The van der Waals surface area contributed by atoms with Crippen LogP contribution in [-0.2, 0) is 0 Å². The topological polar surface area (TPSA) is 60.9 Å². The van der Waals surface area contributed by atoms with Gasteiger partial charge in [0.15, 0.2) is 0 Å². The lowest BCUT2D eigenvalue weighted by molar-refractivity contribution is 0.0812. The molecule has 1 aromatic rings. The van der Waals surface area contributed by atoms with Gasteiger partial charge in [0.05, 0.1) is 6.61 Å². The Balaban J connectivity index is 1.49. The summed E-state index contributed by atoms with van der Waals surface area (Å²) in [7, 11) is 0. The maximum absolute atomic E-state index is 12.6. The highest BCUT2D eigenvalue weighted by molar-refractivity contribution is 5.88. The molecule has 3 heterocycles. The zero-order chi connectivity index (χ0) is 18.5. The number of carbonyl (C=O) groups is 1. The van der Waals surface area contributed by atoms with Gasteiger partial charge in [-0.05, 0) is 33.3 Å². The van der Waals surface area contributed by atoms with Gasteiger partial charge in [0.2, 0.25) is 5.88 Å². The minimum Gasteiger partial charge on any atom is -0.478 e. The Kier molecular flexibility index (Phi) is 6.32. The smallest absolute Gasteiger partial charge is 0.323 e. The van der Waals surface area contributed by atoms with Crippen molar-refractivity contribution in [2.45, 2.75) is 39.3 Å². The van der Waals surface area contributed by atoms with Gasteiger partial charge in [0, 0.05) is 57.4 Å². The van der Waals surface area contributed by atoms with E-state index < -0.39 is 0 Å². The molecule has 7 heteroatoms. The van der Waals surface area contributed by atoms with E-state index in [-0.39, 0.29) is 6.03 Å². The number of piperazine rings is 1. The minimum atomic E-state index is -0.0746. The first-order valence-corrected chi connectivity index (χ1v) is 9.70. The molecular weight excluding hydrogens is 330 g/mol. The van der Waals surface area contributed by atoms with Crippen LogP contribution in [0.4, 0.5) is 10.6 Å². The van der Waals surface area contributed by atoms with Crippen LogP contribution in [0, 0.1) is 0 Å². The van der Waals surface area contributed by atoms with Crippen molar-refractivity contribution in [3.63, 3.8) is 0 Å². The average Bonchev–Trinajstić information content (AvgIpc) is 3.13. The number of aromatic nitrogens is 1. The van der Waals surface area contributed by atoms with E-state index >= 15 is 0 Å². The number of likely N-dealkylation sites (tertiary alicyclic amines) is 1. The second-order valence-corrected chi connectivity index (χ2v) is 7.28. The summed E-state index contributed by atoms with van der Waals surface area (Å²) in [5.74, 6) is 1.07. The summed E-state index contributed by atoms with van der Waals surface area (Å²) in [6.07, 6.45) is 1.04. The van der Waals surface area contributed by atoms with E-state index in [2.05, 4.69) is 33.9 Å². The number of ether oxygens (including phenoxy) is 1. The van der Waals surface area contributed by atoms with Crippen molar-refractivity contribution in [2.75, 3.05) is 51.2 Å². The first-order valence-electron chi connectivity index (χ1n) is 9.70. The zero-order valence-electron chi connectivity index (χ0n) is 16.1. The molecule has 2 aliphatic heterocycles. The predicted molar refractivity (Wildman–Crippen MR) is 103 cm³/mol. The maximum Gasteiger partial charge on any atom is 0.323 e. The molecule has 7 nitrogen and oxygen atoms in total. The van der Waals surface area contributed by atoms with Crippen LogP contribution in [0.25, 0.3) is 0 Å². The average molecular weight is 361 g/mol. The number of hydrogen-bond donors (Lipinski definition) is 1. The molecule has 26 heavy (non-hydrogen) atoms. The molecule has 2 fully saturated rings. The third-order valence-electron chi connectivity index (χ3n) is 5.30. The molecule has 0 bridgehead atoms. The van der Waals surface area contributed by atoms with Crippen LogP contribution >= 0.6 is 0 Å². The molecule has 3 rings (SSSR count). The Morgan fingerprint density at radius 2 is 2.04 bits per heavy atom. The van der Waals surface area contributed by atoms with Gasteiger partial charge in [-0.1, -0.05) is 6.07 Å². The molecule has 2 amide bonds. The molecule has 0 aliphatic carbocycles. The molecule has 2 aliphatic rings. The number of urea groups is 1. The van der Waals surface area contributed by atoms with Gasteiger partial charge in [-0.3, -0.25) is 15.1 Å². The van der Waals surface area contributed by atoms with E-state index in [9.17, 15) is 4.79 Å². The van der Waals surface area contributed by atoms with Gasteiger partial charge in [-0.2, -0.15) is 4.98 Å². The molecule has 144 valence electrons. The summed E-state index contributed by atoms with van der Waals surface area (Å²) in [4.78, 5) is 23.8. The van der Waals surface area contributed by atoms with Gasteiger partial charge in [0.25, 0.3) is 0 Å². The lowest BCUT2D eigenvalue weighted by Gasteiger charge is -2.39. The summed E-state index contributed by atoms with van der Waals surface area (Å²) in [5, 5.41) is 2.90. The summed E-state index contributed by atoms with van der Waals surface area (Å²) in [6.45, 7) is 13.0. The molecule has 2 saturated heterocycles. The van der Waals surface area contributed by atoms with E-state index in [1.807, 2.05) is 17.9 Å². The number of anilines is 1. The monoisotopic (exact) mass is 361 g/mol. The Morgan fingerprint density at radius 1 is 1.27 bits per heavy atom. The third-order valence-corrected chi connectivity index (χ3v) is 5.30. The second-order valence-electron chi connectivity index (χ2n) is 7.28. The van der Waals surface area contributed by atoms with Crippen LogP contribution in [0.5, 0.6) is 5.88 Å². The molecule has 1 atom stereocenters. The quantitative estimate of drug-likeness (QED) is 0.870. The van der Waals surface area contributed by atoms with E-state index in [0.29, 0.717) is 30.4 Å². The third kappa shape index (κ3) is 4.65. The van der Waals surface area contributed by atoms with Gasteiger partial charge in [-0.25, -0.2) is 4.79 Å². The number of hydrogen-bond acceptors (Lipinski definition) is 5. The molecule has 0 saturated carbocycles. The fraction of sp³-hybridized carbons (Fsp3) is 0.684. The number of rotatable bonds is 5. The minimum absolute atomic E-state index is 0.0746. The van der Waals surface area contributed by atoms with Gasteiger partial charge >= 0.3 is 6.03 Å². The highest BCUT2D eigenvalue weighted by Gasteiger charge is 2.32. The lowest BCUT2D eigenvalue weighted by atomic mass is 10.1. The van der Waals surface area contributed by atoms with Crippen LogP contribution < -0.4 is 10.1 Å². The van der Waals surface area contributed by atoms with Gasteiger partial charge < -0.3 is 9.64 Å². The predicted octanol–water partition coefficient (Wildman–Crippen LogP) is 2.11. The van der Waals surface area contributed by atoms with E-state index in [4.69, 9.17) is 4.74 Å². The first-order chi connectivity index (χ1) is 12.6. The number of nitrogens with one attached hydrogen (secondary N) is 1. The van der Waals surface area contributed by atoms with Crippen molar-refractivity contribution in [1.82, 2.24) is 19.7 Å². The van der Waals surface area contributed by atoms with Crippen molar-refractivity contribution in [3.05, 3.63) is 18.2 Å². The van der Waals surface area contributed by atoms with Crippen LogP contribution in [0.2, 0.25) is 0 Å². The maximum atomic E-state index is 12.6. The van der Waals surface area contributed by atoms with E-state index in [0.717, 1.165) is 45.7 Å². The fourth-order valence-electron chi connectivity index (χ4n) is 3.74. The second kappa shape index (κ2) is 8.68. The van der Waals surface area contributed by atoms with Gasteiger partial charge in [0.1, 0.15) is 5.82 Å². The van der Waals surface area contributed by atoms with Crippen molar-refractivity contribution < 1.29 is 9.53 Å². The molecule has 1 unspecified atom stereocenters.